The largest absolute Gasteiger partial charge is 0.497 e. The number of hydrogen-bond acceptors (Lipinski definition) is 6. The molecule has 1 aromatic heterocycles. The van der Waals surface area contributed by atoms with Gasteiger partial charge in [-0.1, -0.05) is 23.8 Å². The number of aromatic nitrogens is 2. The second-order valence-corrected chi connectivity index (χ2v) is 7.63. The Morgan fingerprint density at radius 2 is 1.62 bits per heavy atom. The van der Waals surface area contributed by atoms with Gasteiger partial charge in [-0.3, -0.25) is 9.59 Å². The quantitative estimate of drug-likeness (QED) is 0.614. The summed E-state index contributed by atoms with van der Waals surface area (Å²) in [5.74, 6) is 0.696. The highest BCUT2D eigenvalue weighted by molar-refractivity contribution is 5.92. The molecular formula is C24H26N4O4. The summed E-state index contributed by atoms with van der Waals surface area (Å²) in [6.45, 7) is 4.28. The topological polar surface area (TPSA) is 76.9 Å². The van der Waals surface area contributed by atoms with Crippen molar-refractivity contribution in [1.82, 2.24) is 14.7 Å². The summed E-state index contributed by atoms with van der Waals surface area (Å²) < 4.78 is 12.1. The van der Waals surface area contributed by atoms with Gasteiger partial charge in [-0.15, -0.1) is 0 Å². The molecule has 0 aliphatic carbocycles. The number of methoxy groups -OCH3 is 2. The van der Waals surface area contributed by atoms with Crippen molar-refractivity contribution in [2.45, 2.75) is 6.92 Å². The number of ether oxygens (including phenoxy) is 2. The first-order chi connectivity index (χ1) is 15.5. The Bertz CT molecular complexity index is 1170. The molecule has 2 heterocycles. The molecular weight excluding hydrogens is 408 g/mol. The molecule has 166 valence electrons. The minimum atomic E-state index is -0.453. The van der Waals surface area contributed by atoms with E-state index in [1.807, 2.05) is 55.5 Å². The Morgan fingerprint density at radius 3 is 2.28 bits per heavy atom. The fraction of sp³-hybridized carbons (Fsp3) is 0.292. The molecule has 0 bridgehead atoms. The number of benzene rings is 2. The first kappa shape index (κ1) is 21.4. The van der Waals surface area contributed by atoms with E-state index in [1.54, 1.807) is 12.0 Å². The van der Waals surface area contributed by atoms with E-state index in [-0.39, 0.29) is 17.5 Å². The van der Waals surface area contributed by atoms with Gasteiger partial charge >= 0.3 is 0 Å². The van der Waals surface area contributed by atoms with Crippen molar-refractivity contribution in [3.63, 3.8) is 0 Å². The molecule has 3 aromatic rings. The van der Waals surface area contributed by atoms with Gasteiger partial charge < -0.3 is 19.3 Å². The minimum Gasteiger partial charge on any atom is -0.497 e. The van der Waals surface area contributed by atoms with E-state index >= 15 is 0 Å². The lowest BCUT2D eigenvalue weighted by atomic mass is 10.2. The van der Waals surface area contributed by atoms with Crippen LogP contribution in [-0.4, -0.2) is 61.0 Å². The number of amides is 1. The summed E-state index contributed by atoms with van der Waals surface area (Å²) in [5, 5.41) is 4.38. The van der Waals surface area contributed by atoms with Crippen molar-refractivity contribution < 1.29 is 14.3 Å². The van der Waals surface area contributed by atoms with Crippen molar-refractivity contribution >= 4 is 11.6 Å². The molecule has 1 saturated heterocycles. The average Bonchev–Trinajstić information content (AvgIpc) is 2.84. The van der Waals surface area contributed by atoms with Gasteiger partial charge in [0.2, 0.25) is 11.3 Å². The Labute approximate surface area is 186 Å². The molecule has 0 radical (unpaired) electrons. The summed E-state index contributed by atoms with van der Waals surface area (Å²) >= 11 is 0. The van der Waals surface area contributed by atoms with E-state index in [2.05, 4.69) is 10.00 Å². The monoisotopic (exact) mass is 434 g/mol. The number of hydrogen-bond donors (Lipinski definition) is 0. The standard InChI is InChI=1S/C24H26N4O4/c1-17-7-9-18(10-8-17)28-22(32-3)16-21(29)23(25-28)24(30)27-13-11-26(12-14-27)19-5-4-6-20(15-19)31-2/h4-10,15-16H,11-14H2,1-3H3. The first-order valence-electron chi connectivity index (χ1n) is 10.4. The van der Waals surface area contributed by atoms with E-state index in [1.165, 1.54) is 17.9 Å². The normalized spacial score (nSPS) is 13.7. The molecule has 2 aromatic carbocycles. The van der Waals surface area contributed by atoms with Crippen molar-refractivity contribution in [3.8, 4) is 17.3 Å². The van der Waals surface area contributed by atoms with E-state index in [4.69, 9.17) is 9.47 Å². The maximum Gasteiger partial charge on any atom is 0.278 e. The zero-order valence-electron chi connectivity index (χ0n) is 18.4. The van der Waals surface area contributed by atoms with Crippen LogP contribution < -0.4 is 19.8 Å². The maximum absolute atomic E-state index is 13.2. The number of rotatable bonds is 5. The van der Waals surface area contributed by atoms with Crippen LogP contribution in [0.25, 0.3) is 5.69 Å². The molecule has 1 fully saturated rings. The molecule has 1 aliphatic heterocycles. The highest BCUT2D eigenvalue weighted by Crippen LogP contribution is 2.22. The van der Waals surface area contributed by atoms with Crippen LogP contribution in [0.5, 0.6) is 11.6 Å². The first-order valence-corrected chi connectivity index (χ1v) is 10.4. The Morgan fingerprint density at radius 1 is 0.906 bits per heavy atom. The van der Waals surface area contributed by atoms with E-state index in [9.17, 15) is 9.59 Å². The lowest BCUT2D eigenvalue weighted by Crippen LogP contribution is -2.50. The van der Waals surface area contributed by atoms with Crippen molar-refractivity contribution in [2.75, 3.05) is 45.3 Å². The molecule has 0 atom stereocenters. The van der Waals surface area contributed by atoms with Gasteiger partial charge in [0.15, 0.2) is 5.69 Å². The van der Waals surface area contributed by atoms with Crippen LogP contribution in [0.15, 0.2) is 59.4 Å². The van der Waals surface area contributed by atoms with Crippen molar-refractivity contribution in [2.24, 2.45) is 0 Å². The summed E-state index contributed by atoms with van der Waals surface area (Å²) in [4.78, 5) is 29.7. The fourth-order valence-corrected chi connectivity index (χ4v) is 3.73. The zero-order valence-corrected chi connectivity index (χ0v) is 18.4. The minimum absolute atomic E-state index is 0.110. The van der Waals surface area contributed by atoms with Gasteiger partial charge in [-0.2, -0.15) is 5.10 Å². The maximum atomic E-state index is 13.2. The molecule has 8 heteroatoms. The summed E-state index contributed by atoms with van der Waals surface area (Å²) in [6.07, 6.45) is 0. The lowest BCUT2D eigenvalue weighted by molar-refractivity contribution is 0.0737. The van der Waals surface area contributed by atoms with E-state index in [0.717, 1.165) is 17.0 Å². The fourth-order valence-electron chi connectivity index (χ4n) is 3.73. The molecule has 1 aliphatic rings. The number of carbonyl (C=O) groups excluding carboxylic acids is 1. The van der Waals surface area contributed by atoms with Gasteiger partial charge in [-0.25, -0.2) is 4.68 Å². The molecule has 0 spiro atoms. The number of carbonyl (C=O) groups is 1. The van der Waals surface area contributed by atoms with Gasteiger partial charge in [-0.05, 0) is 31.2 Å². The Kier molecular flexibility index (Phi) is 6.11. The third-order valence-electron chi connectivity index (χ3n) is 5.57. The molecule has 8 nitrogen and oxygen atoms in total. The third kappa shape index (κ3) is 4.30. The molecule has 0 saturated carbocycles. The SMILES string of the molecule is COc1cccc(N2CCN(C(=O)c3nn(-c4ccc(C)cc4)c(OC)cc3=O)CC2)c1. The summed E-state index contributed by atoms with van der Waals surface area (Å²) in [6, 6.07) is 16.8. The summed E-state index contributed by atoms with van der Waals surface area (Å²) in [5.41, 5.74) is 2.29. The van der Waals surface area contributed by atoms with E-state index < -0.39 is 5.43 Å². The predicted octanol–water partition coefficient (Wildman–Crippen LogP) is 2.52. The van der Waals surface area contributed by atoms with Gasteiger partial charge in [0.25, 0.3) is 5.91 Å². The lowest BCUT2D eigenvalue weighted by Gasteiger charge is -2.36. The van der Waals surface area contributed by atoms with Gasteiger partial charge in [0.05, 0.1) is 26.0 Å². The Balaban J connectivity index is 1.55. The molecule has 1 amide bonds. The summed E-state index contributed by atoms with van der Waals surface area (Å²) in [7, 11) is 3.11. The van der Waals surface area contributed by atoms with Crippen LogP contribution >= 0.6 is 0 Å². The molecule has 32 heavy (non-hydrogen) atoms. The van der Waals surface area contributed by atoms with Crippen molar-refractivity contribution in [1.29, 1.82) is 0 Å². The van der Waals surface area contributed by atoms with E-state index in [0.29, 0.717) is 31.9 Å². The third-order valence-corrected chi connectivity index (χ3v) is 5.57. The van der Waals surface area contributed by atoms with Gasteiger partial charge in [0.1, 0.15) is 5.75 Å². The number of anilines is 1. The zero-order chi connectivity index (χ0) is 22.7. The van der Waals surface area contributed by atoms with Crippen LogP contribution in [0, 0.1) is 6.92 Å². The van der Waals surface area contributed by atoms with Crippen LogP contribution in [0.1, 0.15) is 16.1 Å². The highest BCUT2D eigenvalue weighted by atomic mass is 16.5. The second kappa shape index (κ2) is 9.13. The van der Waals surface area contributed by atoms with Crippen LogP contribution in [0.4, 0.5) is 5.69 Å². The molecule has 0 unspecified atom stereocenters. The smallest absolute Gasteiger partial charge is 0.278 e. The number of nitrogens with zero attached hydrogens (tertiary/aromatic N) is 4. The number of aryl methyl sites for hydroxylation is 1. The Hall–Kier alpha value is -3.81. The van der Waals surface area contributed by atoms with Crippen LogP contribution in [-0.2, 0) is 0 Å². The predicted molar refractivity (Wildman–Crippen MR) is 122 cm³/mol. The molecule has 0 N–H and O–H groups in total. The average molecular weight is 434 g/mol. The van der Waals surface area contributed by atoms with Crippen LogP contribution in [0.3, 0.4) is 0 Å². The van der Waals surface area contributed by atoms with Crippen LogP contribution in [0.2, 0.25) is 0 Å². The molecule has 4 rings (SSSR count). The second-order valence-electron chi connectivity index (χ2n) is 7.63. The number of piperazine rings is 1. The highest BCUT2D eigenvalue weighted by Gasteiger charge is 2.26. The van der Waals surface area contributed by atoms with Crippen molar-refractivity contribution in [3.05, 3.63) is 76.1 Å². The van der Waals surface area contributed by atoms with Gasteiger partial charge in [0, 0.05) is 37.9 Å².